The average Bonchev–Trinajstić information content (AvgIpc) is 3.82. The minimum Gasteiger partial charge on any atom is -0.497 e. The third-order valence-corrected chi connectivity index (χ3v) is 11.5. The highest BCUT2D eigenvalue weighted by molar-refractivity contribution is 8.14. The van der Waals surface area contributed by atoms with Gasteiger partial charge in [-0.25, -0.2) is 4.57 Å². The Balaban J connectivity index is 1.14. The summed E-state index contributed by atoms with van der Waals surface area (Å²) in [5.74, 6) is 1.92. The van der Waals surface area contributed by atoms with Gasteiger partial charge in [-0.1, -0.05) is 30.4 Å². The SMILES string of the molecule is CC[C@@]1(C)Cc2c(sc3c2C2NN=C(SCC(=O)Nc4ccc(OC)cc4)N2c2nnc(SCC(=O)Nc4ccc(OC)cc4)n2-3)CO1. The Morgan fingerprint density at radius 1 is 1.00 bits per heavy atom. The predicted molar refractivity (Wildman–Crippen MR) is 189 cm³/mol. The van der Waals surface area contributed by atoms with E-state index < -0.39 is 0 Å². The van der Waals surface area contributed by atoms with E-state index in [0.29, 0.717) is 45.8 Å². The molecular weight excluding hydrogens is 673 g/mol. The molecule has 250 valence electrons. The second-order valence-electron chi connectivity index (χ2n) is 11.5. The van der Waals surface area contributed by atoms with Crippen molar-refractivity contribution < 1.29 is 23.8 Å². The lowest BCUT2D eigenvalue weighted by Crippen LogP contribution is -2.40. The number of carbonyl (C=O) groups excluding carboxylic acids is 2. The monoisotopic (exact) mass is 706 g/mol. The number of benzene rings is 2. The average molecular weight is 707 g/mol. The number of thioether (sulfide) groups is 2. The number of carbonyl (C=O) groups is 2. The molecule has 48 heavy (non-hydrogen) atoms. The standard InChI is InChI=1S/C32H34N8O5S3/c1-5-32(2)14-22-23(15-45-32)48-28-26(22)27-35-37-30(46-16-24(41)33-18-6-10-20(43-3)11-7-18)39(27)29-36-38-31(40(28)29)47-17-25(42)34-19-8-12-21(44-4)13-9-19/h6-13,27,35H,5,14-17H2,1-4H3,(H,33,41)(H,34,42)/t27?,32-/m0/s1. The normalized spacial score (nSPS) is 18.9. The van der Waals surface area contributed by atoms with E-state index in [1.54, 1.807) is 74.1 Å². The molecule has 0 radical (unpaired) electrons. The molecule has 3 N–H and O–H groups in total. The van der Waals surface area contributed by atoms with Crippen LogP contribution in [0.5, 0.6) is 11.5 Å². The van der Waals surface area contributed by atoms with Crippen molar-refractivity contribution in [1.29, 1.82) is 0 Å². The van der Waals surface area contributed by atoms with Crippen molar-refractivity contribution in [2.24, 2.45) is 5.10 Å². The van der Waals surface area contributed by atoms with E-state index in [1.807, 2.05) is 9.47 Å². The highest BCUT2D eigenvalue weighted by atomic mass is 32.2. The minimum absolute atomic E-state index is 0.129. The Morgan fingerprint density at radius 3 is 2.23 bits per heavy atom. The molecule has 1 unspecified atom stereocenters. The Labute approximate surface area is 289 Å². The van der Waals surface area contributed by atoms with Gasteiger partial charge in [0.2, 0.25) is 17.8 Å². The fourth-order valence-electron chi connectivity index (χ4n) is 5.69. The van der Waals surface area contributed by atoms with Crippen molar-refractivity contribution in [1.82, 2.24) is 20.2 Å². The molecule has 0 aliphatic carbocycles. The number of amidine groups is 1. The topological polar surface area (TPSA) is 144 Å². The number of hydrazone groups is 1. The summed E-state index contributed by atoms with van der Waals surface area (Å²) in [5.41, 5.74) is 6.72. The molecule has 5 heterocycles. The van der Waals surface area contributed by atoms with Gasteiger partial charge in [0, 0.05) is 28.2 Å². The molecule has 3 aliphatic rings. The quantitative estimate of drug-likeness (QED) is 0.183. The maximum atomic E-state index is 13.0. The van der Waals surface area contributed by atoms with Gasteiger partial charge in [-0.05, 0) is 67.4 Å². The molecule has 0 bridgehead atoms. The first-order chi connectivity index (χ1) is 23.3. The molecule has 0 fully saturated rings. The zero-order valence-corrected chi connectivity index (χ0v) is 29.2. The van der Waals surface area contributed by atoms with E-state index in [9.17, 15) is 9.59 Å². The number of aromatic nitrogens is 3. The van der Waals surface area contributed by atoms with Crippen LogP contribution >= 0.6 is 34.9 Å². The number of nitrogens with one attached hydrogen (secondary N) is 3. The molecular formula is C32H34N8O5S3. The predicted octanol–water partition coefficient (Wildman–Crippen LogP) is 5.38. The first kappa shape index (κ1) is 32.3. The van der Waals surface area contributed by atoms with Crippen molar-refractivity contribution in [3.63, 3.8) is 0 Å². The molecule has 0 saturated heterocycles. The van der Waals surface area contributed by atoms with Crippen molar-refractivity contribution >= 4 is 69.2 Å². The van der Waals surface area contributed by atoms with Gasteiger partial charge in [0.1, 0.15) is 16.5 Å². The van der Waals surface area contributed by atoms with Gasteiger partial charge < -0.3 is 24.8 Å². The Hall–Kier alpha value is -4.25. The molecule has 7 rings (SSSR count). The molecule has 3 aliphatic heterocycles. The number of rotatable bonds is 10. The maximum Gasteiger partial charge on any atom is 0.241 e. The first-order valence-corrected chi connectivity index (χ1v) is 18.1. The number of nitrogens with zero attached hydrogens (tertiary/aromatic N) is 5. The van der Waals surface area contributed by atoms with Gasteiger partial charge in [0.05, 0.1) is 37.9 Å². The van der Waals surface area contributed by atoms with Crippen LogP contribution in [0.3, 0.4) is 0 Å². The lowest BCUT2D eigenvalue weighted by Gasteiger charge is -2.35. The number of anilines is 3. The highest BCUT2D eigenvalue weighted by Gasteiger charge is 2.46. The number of fused-ring (bicyclic) bond motifs is 8. The largest absolute Gasteiger partial charge is 0.497 e. The van der Waals surface area contributed by atoms with Crippen molar-refractivity contribution in [3.8, 4) is 16.5 Å². The summed E-state index contributed by atoms with van der Waals surface area (Å²) in [5, 5.41) is 21.8. The maximum absolute atomic E-state index is 13.0. The molecule has 16 heteroatoms. The van der Waals surface area contributed by atoms with Crippen LogP contribution in [0.15, 0.2) is 58.8 Å². The number of ether oxygens (including phenoxy) is 3. The second-order valence-corrected chi connectivity index (χ2v) is 14.5. The van der Waals surface area contributed by atoms with E-state index in [4.69, 9.17) is 14.2 Å². The third kappa shape index (κ3) is 6.20. The molecule has 2 atom stereocenters. The molecule has 2 amide bonds. The molecule has 0 saturated carbocycles. The fourth-order valence-corrected chi connectivity index (χ4v) is 8.52. The molecule has 2 aromatic heterocycles. The lowest BCUT2D eigenvalue weighted by atomic mass is 9.88. The Bertz CT molecular complexity index is 1880. The van der Waals surface area contributed by atoms with Crippen LogP contribution in [0, 0.1) is 0 Å². The fraction of sp³-hybridized carbons (Fsp3) is 0.344. The smallest absolute Gasteiger partial charge is 0.241 e. The first-order valence-electron chi connectivity index (χ1n) is 15.3. The van der Waals surface area contributed by atoms with Crippen LogP contribution in [0.2, 0.25) is 0 Å². The summed E-state index contributed by atoms with van der Waals surface area (Å²) in [6, 6.07) is 14.4. The van der Waals surface area contributed by atoms with Crippen LogP contribution in [-0.4, -0.2) is 63.1 Å². The molecule has 13 nitrogen and oxygen atoms in total. The lowest BCUT2D eigenvalue weighted by molar-refractivity contribution is -0.114. The van der Waals surface area contributed by atoms with Gasteiger partial charge in [-0.15, -0.1) is 21.5 Å². The van der Waals surface area contributed by atoms with E-state index >= 15 is 0 Å². The zero-order valence-electron chi connectivity index (χ0n) is 26.7. The Morgan fingerprint density at radius 2 is 1.62 bits per heavy atom. The summed E-state index contributed by atoms with van der Waals surface area (Å²) in [6.45, 7) is 4.81. The number of methoxy groups -OCH3 is 2. The van der Waals surface area contributed by atoms with Crippen LogP contribution in [0.4, 0.5) is 17.3 Å². The van der Waals surface area contributed by atoms with Crippen LogP contribution in [0.1, 0.15) is 42.4 Å². The van der Waals surface area contributed by atoms with Crippen molar-refractivity contribution in [3.05, 3.63) is 64.5 Å². The van der Waals surface area contributed by atoms with Crippen LogP contribution < -0.4 is 30.4 Å². The molecule has 2 aromatic carbocycles. The summed E-state index contributed by atoms with van der Waals surface area (Å²) < 4.78 is 18.7. The Kier molecular flexibility index (Phi) is 8.98. The van der Waals surface area contributed by atoms with Crippen LogP contribution in [-0.2, 0) is 27.4 Å². The van der Waals surface area contributed by atoms with E-state index in [-0.39, 0.29) is 35.1 Å². The zero-order chi connectivity index (χ0) is 33.4. The summed E-state index contributed by atoms with van der Waals surface area (Å²) in [6.07, 6.45) is 1.31. The van der Waals surface area contributed by atoms with Gasteiger partial charge >= 0.3 is 0 Å². The number of amides is 2. The van der Waals surface area contributed by atoms with Gasteiger partial charge in [-0.2, -0.15) is 5.10 Å². The van der Waals surface area contributed by atoms with E-state index in [0.717, 1.165) is 28.3 Å². The highest BCUT2D eigenvalue weighted by Crippen LogP contribution is 2.50. The third-order valence-electron chi connectivity index (χ3n) is 8.43. The molecule has 4 aromatic rings. The number of thiophene rings is 1. The summed E-state index contributed by atoms with van der Waals surface area (Å²) >= 11 is 4.28. The second kappa shape index (κ2) is 13.3. The summed E-state index contributed by atoms with van der Waals surface area (Å²) in [7, 11) is 3.20. The number of hydrogen-bond donors (Lipinski definition) is 3. The van der Waals surface area contributed by atoms with Gasteiger partial charge in [-0.3, -0.25) is 19.9 Å². The van der Waals surface area contributed by atoms with E-state index in [1.165, 1.54) is 29.1 Å². The summed E-state index contributed by atoms with van der Waals surface area (Å²) in [4.78, 5) is 29.1. The van der Waals surface area contributed by atoms with Gasteiger partial charge in [0.25, 0.3) is 0 Å². The van der Waals surface area contributed by atoms with Crippen molar-refractivity contribution in [2.45, 2.75) is 50.2 Å². The van der Waals surface area contributed by atoms with Crippen molar-refractivity contribution in [2.75, 3.05) is 41.3 Å². The van der Waals surface area contributed by atoms with E-state index in [2.05, 4.69) is 45.2 Å². The number of hydrogen-bond acceptors (Lipinski definition) is 13. The minimum atomic E-state index is -0.320. The molecule has 0 spiro atoms. The van der Waals surface area contributed by atoms with Gasteiger partial charge in [0.15, 0.2) is 16.5 Å². The van der Waals surface area contributed by atoms with Crippen LogP contribution in [0.25, 0.3) is 5.00 Å².